The fourth-order valence-electron chi connectivity index (χ4n) is 3.30. The van der Waals surface area contributed by atoms with Crippen molar-refractivity contribution in [1.29, 1.82) is 0 Å². The highest BCUT2D eigenvalue weighted by Gasteiger charge is 2.27. The minimum atomic E-state index is -0.799. The van der Waals surface area contributed by atoms with E-state index in [-0.39, 0.29) is 29.0 Å². The van der Waals surface area contributed by atoms with E-state index in [1.54, 1.807) is 0 Å². The van der Waals surface area contributed by atoms with Gasteiger partial charge in [-0.3, -0.25) is 29.6 Å². The SMILES string of the molecule is O=C(Cn1c(=O)oc2cc([N+](=O)[O-])ccc21)N1CCc2cc([N+](=O)[O-])ccc21. The molecule has 2 heterocycles. The first kappa shape index (κ1) is 17.4. The Morgan fingerprint density at radius 1 is 1.07 bits per heavy atom. The predicted molar refractivity (Wildman–Crippen MR) is 96.3 cm³/mol. The molecule has 3 aromatic rings. The average molecular weight is 384 g/mol. The highest BCUT2D eigenvalue weighted by molar-refractivity contribution is 5.96. The summed E-state index contributed by atoms with van der Waals surface area (Å²) in [5, 5.41) is 21.7. The van der Waals surface area contributed by atoms with Crippen LogP contribution in [0, 0.1) is 20.2 Å². The molecule has 11 nitrogen and oxygen atoms in total. The maximum Gasteiger partial charge on any atom is 0.420 e. The van der Waals surface area contributed by atoms with Crippen molar-refractivity contribution in [3.05, 3.63) is 72.7 Å². The number of nitro benzene ring substituents is 2. The number of carbonyl (C=O) groups excluding carboxylic acids is 1. The summed E-state index contributed by atoms with van der Waals surface area (Å²) >= 11 is 0. The van der Waals surface area contributed by atoms with Gasteiger partial charge in [-0.1, -0.05) is 0 Å². The van der Waals surface area contributed by atoms with Crippen LogP contribution in [0.1, 0.15) is 5.56 Å². The second kappa shape index (κ2) is 6.30. The number of aromatic nitrogens is 1. The summed E-state index contributed by atoms with van der Waals surface area (Å²) < 4.78 is 6.12. The van der Waals surface area contributed by atoms with Gasteiger partial charge in [-0.25, -0.2) is 4.79 Å². The van der Waals surface area contributed by atoms with Crippen molar-refractivity contribution in [1.82, 2.24) is 4.57 Å². The van der Waals surface area contributed by atoms with Crippen LogP contribution in [-0.4, -0.2) is 26.9 Å². The number of nitrogens with zero attached hydrogens (tertiary/aromatic N) is 4. The van der Waals surface area contributed by atoms with Gasteiger partial charge < -0.3 is 9.32 Å². The van der Waals surface area contributed by atoms with E-state index in [1.165, 1.54) is 35.2 Å². The number of carbonyl (C=O) groups is 1. The fraction of sp³-hybridized carbons (Fsp3) is 0.176. The topological polar surface area (TPSA) is 142 Å². The Morgan fingerprint density at radius 3 is 2.46 bits per heavy atom. The Kier molecular flexibility index (Phi) is 3.91. The van der Waals surface area contributed by atoms with Crippen LogP contribution >= 0.6 is 0 Å². The summed E-state index contributed by atoms with van der Waals surface area (Å²) in [5.74, 6) is -1.19. The van der Waals surface area contributed by atoms with E-state index < -0.39 is 21.5 Å². The molecule has 2 aromatic carbocycles. The van der Waals surface area contributed by atoms with E-state index in [4.69, 9.17) is 4.42 Å². The monoisotopic (exact) mass is 384 g/mol. The molecular weight excluding hydrogens is 372 g/mol. The highest BCUT2D eigenvalue weighted by Crippen LogP contribution is 2.31. The van der Waals surface area contributed by atoms with Crippen LogP contribution in [0.2, 0.25) is 0 Å². The molecule has 1 aliphatic heterocycles. The molecule has 1 amide bonds. The van der Waals surface area contributed by atoms with Crippen molar-refractivity contribution in [2.45, 2.75) is 13.0 Å². The third-order valence-electron chi connectivity index (χ3n) is 4.63. The lowest BCUT2D eigenvalue weighted by molar-refractivity contribution is -0.385. The summed E-state index contributed by atoms with van der Waals surface area (Å²) in [5.41, 5.74) is 1.26. The van der Waals surface area contributed by atoms with E-state index in [9.17, 15) is 29.8 Å². The van der Waals surface area contributed by atoms with E-state index in [0.29, 0.717) is 24.2 Å². The molecule has 0 unspecified atom stereocenters. The molecule has 0 aliphatic carbocycles. The number of anilines is 1. The van der Waals surface area contributed by atoms with Crippen LogP contribution < -0.4 is 10.7 Å². The van der Waals surface area contributed by atoms with Gasteiger partial charge in [0.2, 0.25) is 5.91 Å². The summed E-state index contributed by atoms with van der Waals surface area (Å²) in [6, 6.07) is 7.97. The quantitative estimate of drug-likeness (QED) is 0.494. The molecule has 28 heavy (non-hydrogen) atoms. The van der Waals surface area contributed by atoms with Gasteiger partial charge in [0.1, 0.15) is 6.54 Å². The zero-order valence-corrected chi connectivity index (χ0v) is 14.2. The maximum atomic E-state index is 12.7. The molecule has 1 aromatic heterocycles. The van der Waals surface area contributed by atoms with Crippen molar-refractivity contribution in [2.24, 2.45) is 0 Å². The van der Waals surface area contributed by atoms with Gasteiger partial charge in [0, 0.05) is 30.4 Å². The molecule has 142 valence electrons. The number of benzene rings is 2. The number of rotatable bonds is 4. The lowest BCUT2D eigenvalue weighted by Gasteiger charge is -2.17. The van der Waals surface area contributed by atoms with Gasteiger partial charge in [0.05, 0.1) is 21.4 Å². The molecule has 0 fully saturated rings. The molecule has 0 saturated heterocycles. The van der Waals surface area contributed by atoms with Gasteiger partial charge in [-0.2, -0.15) is 0 Å². The smallest absolute Gasteiger partial charge is 0.407 e. The van der Waals surface area contributed by atoms with E-state index >= 15 is 0 Å². The predicted octanol–water partition coefficient (Wildman–Crippen LogP) is 2.00. The molecule has 11 heteroatoms. The van der Waals surface area contributed by atoms with Crippen molar-refractivity contribution in [3.8, 4) is 0 Å². The van der Waals surface area contributed by atoms with Crippen LogP contribution in [0.4, 0.5) is 17.1 Å². The molecule has 0 N–H and O–H groups in total. The number of hydrogen-bond acceptors (Lipinski definition) is 7. The van der Waals surface area contributed by atoms with E-state index in [1.807, 2.05) is 0 Å². The number of amides is 1. The van der Waals surface area contributed by atoms with Gasteiger partial charge in [0.25, 0.3) is 11.4 Å². The Morgan fingerprint density at radius 2 is 1.75 bits per heavy atom. The van der Waals surface area contributed by atoms with Crippen LogP contribution in [0.5, 0.6) is 0 Å². The van der Waals surface area contributed by atoms with E-state index in [2.05, 4.69) is 0 Å². The second-order valence-electron chi connectivity index (χ2n) is 6.23. The number of nitro groups is 2. The second-order valence-corrected chi connectivity index (χ2v) is 6.23. The minimum Gasteiger partial charge on any atom is -0.407 e. The summed E-state index contributed by atoms with van der Waals surface area (Å²) in [7, 11) is 0. The molecule has 0 spiro atoms. The molecule has 0 atom stereocenters. The van der Waals surface area contributed by atoms with Crippen molar-refractivity contribution in [2.75, 3.05) is 11.4 Å². The third-order valence-corrected chi connectivity index (χ3v) is 4.63. The van der Waals surface area contributed by atoms with Crippen LogP contribution in [0.3, 0.4) is 0 Å². The fourth-order valence-corrected chi connectivity index (χ4v) is 3.30. The highest BCUT2D eigenvalue weighted by atomic mass is 16.6. The molecule has 4 rings (SSSR count). The average Bonchev–Trinajstić information content (AvgIpc) is 3.21. The van der Waals surface area contributed by atoms with Gasteiger partial charge in [-0.15, -0.1) is 0 Å². The Labute approximate surface area is 155 Å². The maximum absolute atomic E-state index is 12.7. The number of oxazole rings is 1. The molecule has 0 saturated carbocycles. The minimum absolute atomic E-state index is 0.0180. The Balaban J connectivity index is 1.64. The van der Waals surface area contributed by atoms with E-state index in [0.717, 1.165) is 10.6 Å². The Bertz CT molecular complexity index is 1210. The van der Waals surface area contributed by atoms with Crippen LogP contribution in [-0.2, 0) is 17.8 Å². The largest absolute Gasteiger partial charge is 0.420 e. The molecule has 0 bridgehead atoms. The zero-order valence-electron chi connectivity index (χ0n) is 14.2. The standard InChI is InChI=1S/C17H12N4O7/c22-16(18-6-5-10-7-11(20(24)25)1-3-13(10)18)9-19-14-4-2-12(21(26)27)8-15(14)28-17(19)23/h1-4,7-8H,5-6,9H2. The normalized spacial score (nSPS) is 12.9. The van der Waals surface area contributed by atoms with Crippen molar-refractivity contribution >= 4 is 34.1 Å². The number of non-ortho nitro benzene ring substituents is 2. The zero-order chi connectivity index (χ0) is 20.0. The number of hydrogen-bond donors (Lipinski definition) is 0. The first-order chi connectivity index (χ1) is 13.3. The first-order valence-electron chi connectivity index (χ1n) is 8.20. The Hall–Kier alpha value is -4.02. The third kappa shape index (κ3) is 2.78. The lowest BCUT2D eigenvalue weighted by Crippen LogP contribution is -2.34. The summed E-state index contributed by atoms with van der Waals surface area (Å²) in [4.78, 5) is 46.9. The molecule has 1 aliphatic rings. The van der Waals surface area contributed by atoms with Crippen molar-refractivity contribution in [3.63, 3.8) is 0 Å². The summed E-state index contributed by atoms with van der Waals surface area (Å²) in [6.45, 7) is 0.0193. The first-order valence-corrected chi connectivity index (χ1v) is 8.20. The van der Waals surface area contributed by atoms with Crippen LogP contribution in [0.15, 0.2) is 45.6 Å². The van der Waals surface area contributed by atoms with Crippen molar-refractivity contribution < 1.29 is 19.1 Å². The lowest BCUT2D eigenvalue weighted by atomic mass is 10.1. The molecule has 0 radical (unpaired) electrons. The van der Waals surface area contributed by atoms with Crippen LogP contribution in [0.25, 0.3) is 11.1 Å². The van der Waals surface area contributed by atoms with Gasteiger partial charge >= 0.3 is 5.76 Å². The van der Waals surface area contributed by atoms with Gasteiger partial charge in [0.15, 0.2) is 5.58 Å². The molecular formula is C17H12N4O7. The summed E-state index contributed by atoms with van der Waals surface area (Å²) in [6.07, 6.45) is 0.468. The van der Waals surface area contributed by atoms with Gasteiger partial charge in [-0.05, 0) is 24.1 Å². The number of fused-ring (bicyclic) bond motifs is 2.